The van der Waals surface area contributed by atoms with Gasteiger partial charge < -0.3 is 15.8 Å². The lowest BCUT2D eigenvalue weighted by molar-refractivity contribution is 0.244. The third kappa shape index (κ3) is 2.89. The SMILES string of the molecule is CC(C)Oc1cccc(NCC2CC2(C)C)c1N. The smallest absolute Gasteiger partial charge is 0.144 e. The lowest BCUT2D eigenvalue weighted by Crippen LogP contribution is -2.11. The summed E-state index contributed by atoms with van der Waals surface area (Å²) in [5, 5.41) is 3.44. The summed E-state index contributed by atoms with van der Waals surface area (Å²) in [6, 6.07) is 5.91. The third-order valence-corrected chi connectivity index (χ3v) is 3.69. The molecule has 1 aromatic rings. The first kappa shape index (κ1) is 13.1. The van der Waals surface area contributed by atoms with Crippen molar-refractivity contribution in [3.8, 4) is 5.75 Å². The van der Waals surface area contributed by atoms with E-state index in [1.807, 2.05) is 32.0 Å². The second kappa shape index (κ2) is 4.71. The van der Waals surface area contributed by atoms with Crippen LogP contribution in [0.2, 0.25) is 0 Å². The fourth-order valence-electron chi connectivity index (χ4n) is 2.21. The van der Waals surface area contributed by atoms with Gasteiger partial charge >= 0.3 is 0 Å². The zero-order valence-corrected chi connectivity index (χ0v) is 11.8. The van der Waals surface area contributed by atoms with E-state index in [-0.39, 0.29) is 6.10 Å². The van der Waals surface area contributed by atoms with Gasteiger partial charge in [-0.2, -0.15) is 0 Å². The van der Waals surface area contributed by atoms with Crippen LogP contribution in [-0.2, 0) is 0 Å². The zero-order chi connectivity index (χ0) is 13.3. The Hall–Kier alpha value is -1.38. The number of nitrogen functional groups attached to an aromatic ring is 1. The van der Waals surface area contributed by atoms with Crippen molar-refractivity contribution in [2.75, 3.05) is 17.6 Å². The van der Waals surface area contributed by atoms with E-state index in [9.17, 15) is 0 Å². The van der Waals surface area contributed by atoms with Crippen LogP contribution in [0, 0.1) is 11.3 Å². The summed E-state index contributed by atoms with van der Waals surface area (Å²) in [4.78, 5) is 0. The Morgan fingerprint density at radius 2 is 2.11 bits per heavy atom. The molecule has 1 aromatic carbocycles. The first-order valence-electron chi connectivity index (χ1n) is 6.69. The molecule has 0 spiro atoms. The minimum absolute atomic E-state index is 0.143. The quantitative estimate of drug-likeness (QED) is 0.784. The molecule has 1 fully saturated rings. The Balaban J connectivity index is 2.00. The van der Waals surface area contributed by atoms with E-state index < -0.39 is 0 Å². The molecular weight excluding hydrogens is 224 g/mol. The zero-order valence-electron chi connectivity index (χ0n) is 11.8. The van der Waals surface area contributed by atoms with Gasteiger partial charge in [-0.05, 0) is 43.7 Å². The van der Waals surface area contributed by atoms with Crippen LogP contribution < -0.4 is 15.8 Å². The molecular formula is C15H24N2O. The van der Waals surface area contributed by atoms with E-state index in [1.165, 1.54) is 6.42 Å². The average Bonchev–Trinajstić information content (AvgIpc) is 2.87. The highest BCUT2D eigenvalue weighted by molar-refractivity contribution is 5.73. The van der Waals surface area contributed by atoms with Crippen molar-refractivity contribution in [2.24, 2.45) is 11.3 Å². The van der Waals surface area contributed by atoms with Crippen LogP contribution in [0.3, 0.4) is 0 Å². The Bertz CT molecular complexity index is 427. The van der Waals surface area contributed by atoms with Gasteiger partial charge in [0.1, 0.15) is 5.75 Å². The van der Waals surface area contributed by atoms with Crippen molar-refractivity contribution in [2.45, 2.75) is 40.2 Å². The monoisotopic (exact) mass is 248 g/mol. The number of benzene rings is 1. The molecule has 0 aliphatic heterocycles. The Kier molecular flexibility index (Phi) is 3.42. The average molecular weight is 248 g/mol. The predicted octanol–water partition coefficient (Wildman–Crippen LogP) is 3.51. The van der Waals surface area contributed by atoms with Gasteiger partial charge in [0, 0.05) is 6.54 Å². The fraction of sp³-hybridized carbons (Fsp3) is 0.600. The summed E-state index contributed by atoms with van der Waals surface area (Å²) in [7, 11) is 0. The molecule has 0 radical (unpaired) electrons. The van der Waals surface area contributed by atoms with Crippen LogP contribution in [0.4, 0.5) is 11.4 Å². The summed E-state index contributed by atoms with van der Waals surface area (Å²) < 4.78 is 5.68. The van der Waals surface area contributed by atoms with Crippen molar-refractivity contribution in [1.82, 2.24) is 0 Å². The van der Waals surface area contributed by atoms with Crippen LogP contribution in [0.15, 0.2) is 18.2 Å². The highest BCUT2D eigenvalue weighted by atomic mass is 16.5. The van der Waals surface area contributed by atoms with E-state index in [0.717, 1.165) is 23.9 Å². The minimum Gasteiger partial charge on any atom is -0.489 e. The largest absolute Gasteiger partial charge is 0.489 e. The number of hydrogen-bond donors (Lipinski definition) is 2. The van der Waals surface area contributed by atoms with Crippen molar-refractivity contribution >= 4 is 11.4 Å². The molecule has 18 heavy (non-hydrogen) atoms. The van der Waals surface area contributed by atoms with Crippen LogP contribution in [-0.4, -0.2) is 12.6 Å². The maximum Gasteiger partial charge on any atom is 0.144 e. The molecule has 0 bridgehead atoms. The molecule has 1 atom stereocenters. The third-order valence-electron chi connectivity index (χ3n) is 3.69. The molecule has 0 heterocycles. The topological polar surface area (TPSA) is 47.3 Å². The number of nitrogens with one attached hydrogen (secondary N) is 1. The van der Waals surface area contributed by atoms with E-state index in [0.29, 0.717) is 11.1 Å². The van der Waals surface area contributed by atoms with Crippen molar-refractivity contribution < 1.29 is 4.74 Å². The second-order valence-corrected chi connectivity index (χ2v) is 6.15. The number of anilines is 2. The molecule has 0 amide bonds. The first-order chi connectivity index (χ1) is 8.40. The second-order valence-electron chi connectivity index (χ2n) is 6.15. The number of para-hydroxylation sites is 1. The lowest BCUT2D eigenvalue weighted by atomic mass is 10.1. The Morgan fingerprint density at radius 1 is 1.44 bits per heavy atom. The fourth-order valence-corrected chi connectivity index (χ4v) is 2.21. The summed E-state index contributed by atoms with van der Waals surface area (Å²) >= 11 is 0. The normalized spacial score (nSPS) is 20.8. The van der Waals surface area contributed by atoms with Gasteiger partial charge in [-0.25, -0.2) is 0 Å². The molecule has 1 aliphatic carbocycles. The predicted molar refractivity (Wildman–Crippen MR) is 77.0 cm³/mol. The molecule has 1 saturated carbocycles. The maximum atomic E-state index is 6.12. The van der Waals surface area contributed by atoms with Gasteiger partial charge in [0.25, 0.3) is 0 Å². The van der Waals surface area contributed by atoms with E-state index >= 15 is 0 Å². The number of ether oxygens (including phenoxy) is 1. The standard InChI is InChI=1S/C15H24N2O/c1-10(2)18-13-7-5-6-12(14(13)16)17-9-11-8-15(11,3)4/h5-7,10-11,17H,8-9,16H2,1-4H3. The van der Waals surface area contributed by atoms with Crippen molar-refractivity contribution in [1.29, 1.82) is 0 Å². The lowest BCUT2D eigenvalue weighted by Gasteiger charge is -2.16. The molecule has 2 rings (SSSR count). The van der Waals surface area contributed by atoms with E-state index in [4.69, 9.17) is 10.5 Å². The molecule has 1 aliphatic rings. The molecule has 3 heteroatoms. The minimum atomic E-state index is 0.143. The van der Waals surface area contributed by atoms with Gasteiger partial charge in [-0.15, -0.1) is 0 Å². The first-order valence-corrected chi connectivity index (χ1v) is 6.69. The molecule has 100 valence electrons. The molecule has 3 N–H and O–H groups in total. The Labute approximate surface area is 110 Å². The molecule has 3 nitrogen and oxygen atoms in total. The van der Waals surface area contributed by atoms with Gasteiger partial charge in [-0.1, -0.05) is 19.9 Å². The van der Waals surface area contributed by atoms with Gasteiger partial charge in [0.05, 0.1) is 17.5 Å². The molecule has 0 aromatic heterocycles. The van der Waals surface area contributed by atoms with Crippen LogP contribution in [0.25, 0.3) is 0 Å². The van der Waals surface area contributed by atoms with Gasteiger partial charge in [0.2, 0.25) is 0 Å². The highest BCUT2D eigenvalue weighted by Gasteiger charge is 2.44. The summed E-state index contributed by atoms with van der Waals surface area (Å²) in [6.07, 6.45) is 1.44. The van der Waals surface area contributed by atoms with Crippen molar-refractivity contribution in [3.05, 3.63) is 18.2 Å². The number of rotatable bonds is 5. The van der Waals surface area contributed by atoms with Crippen molar-refractivity contribution in [3.63, 3.8) is 0 Å². The van der Waals surface area contributed by atoms with E-state index in [2.05, 4.69) is 19.2 Å². The van der Waals surface area contributed by atoms with Gasteiger partial charge in [0.15, 0.2) is 0 Å². The number of hydrogen-bond acceptors (Lipinski definition) is 3. The molecule has 0 saturated heterocycles. The summed E-state index contributed by atoms with van der Waals surface area (Å²) in [6.45, 7) is 9.61. The van der Waals surface area contributed by atoms with Gasteiger partial charge in [-0.3, -0.25) is 0 Å². The Morgan fingerprint density at radius 3 is 2.67 bits per heavy atom. The van der Waals surface area contributed by atoms with E-state index in [1.54, 1.807) is 0 Å². The molecule has 1 unspecified atom stereocenters. The van der Waals surface area contributed by atoms with Crippen LogP contribution >= 0.6 is 0 Å². The summed E-state index contributed by atoms with van der Waals surface area (Å²) in [5.41, 5.74) is 8.31. The van der Waals surface area contributed by atoms with Crippen LogP contribution in [0.5, 0.6) is 5.75 Å². The van der Waals surface area contributed by atoms with Crippen LogP contribution in [0.1, 0.15) is 34.1 Å². The summed E-state index contributed by atoms with van der Waals surface area (Å²) in [5.74, 6) is 1.52. The number of nitrogens with two attached hydrogens (primary N) is 1. The maximum absolute atomic E-state index is 6.12. The highest BCUT2D eigenvalue weighted by Crippen LogP contribution is 2.51.